The fourth-order valence-corrected chi connectivity index (χ4v) is 2.76. The predicted octanol–water partition coefficient (Wildman–Crippen LogP) is 3.25. The minimum Gasteiger partial charge on any atom is -0.506 e. The highest BCUT2D eigenvalue weighted by Gasteiger charge is 2.20. The largest absolute Gasteiger partial charge is 0.506 e. The number of esters is 1. The molecule has 30 heavy (non-hydrogen) atoms. The molecule has 0 bridgehead atoms. The molecule has 7 nitrogen and oxygen atoms in total. The average molecular weight is 407 g/mol. The van der Waals surface area contributed by atoms with Crippen LogP contribution in [0.3, 0.4) is 0 Å². The fraction of sp³-hybridized carbons (Fsp3) is 0.130. The number of benzene rings is 3. The van der Waals surface area contributed by atoms with E-state index in [0.717, 1.165) is 5.56 Å². The van der Waals surface area contributed by atoms with Crippen LogP contribution in [0.25, 0.3) is 0 Å². The third-order valence-electron chi connectivity index (χ3n) is 4.19. The second kappa shape index (κ2) is 10.1. The van der Waals surface area contributed by atoms with Crippen molar-refractivity contribution in [3.63, 3.8) is 0 Å². The van der Waals surface area contributed by atoms with E-state index in [4.69, 9.17) is 9.47 Å². The minimum absolute atomic E-state index is 0.0114. The Morgan fingerprint density at radius 3 is 2.10 bits per heavy atom. The predicted molar refractivity (Wildman–Crippen MR) is 110 cm³/mol. The summed E-state index contributed by atoms with van der Waals surface area (Å²) < 4.78 is 10.2. The molecule has 2 N–H and O–H groups in total. The van der Waals surface area contributed by atoms with Gasteiger partial charge >= 0.3 is 5.97 Å². The van der Waals surface area contributed by atoms with E-state index in [1.54, 1.807) is 30.3 Å². The van der Waals surface area contributed by atoms with Crippen LogP contribution in [0.4, 0.5) is 5.69 Å². The van der Waals surface area contributed by atoms with Crippen LogP contribution >= 0.6 is 0 Å². The molecule has 3 rings (SSSR count). The Bertz CT molecular complexity index is 1010. The highest BCUT2D eigenvalue weighted by molar-refractivity contribution is 5.95. The molecule has 0 saturated heterocycles. The Morgan fingerprint density at radius 2 is 1.40 bits per heavy atom. The quantitative estimate of drug-likeness (QED) is 0.440. The van der Waals surface area contributed by atoms with Gasteiger partial charge in [0.05, 0.1) is 12.2 Å². The van der Waals surface area contributed by atoms with Gasteiger partial charge < -0.3 is 24.6 Å². The number of phenols is 2. The van der Waals surface area contributed by atoms with Gasteiger partial charge in [-0.2, -0.15) is 0 Å². The SMILES string of the molecule is O=C(COCC(=O)N(Cc1ccccc1)c1ccccc1O)Oc1ccccc1O. The molecular weight excluding hydrogens is 386 g/mol. The second-order valence-electron chi connectivity index (χ2n) is 6.39. The maximum atomic E-state index is 12.8. The van der Waals surface area contributed by atoms with Crippen LogP contribution in [0.5, 0.6) is 17.2 Å². The van der Waals surface area contributed by atoms with Crippen LogP contribution in [0, 0.1) is 0 Å². The number of para-hydroxylation sites is 4. The van der Waals surface area contributed by atoms with E-state index >= 15 is 0 Å². The van der Waals surface area contributed by atoms with E-state index in [1.165, 1.54) is 23.1 Å². The van der Waals surface area contributed by atoms with Crippen molar-refractivity contribution < 1.29 is 29.3 Å². The van der Waals surface area contributed by atoms with Gasteiger partial charge in [0.2, 0.25) is 0 Å². The summed E-state index contributed by atoms with van der Waals surface area (Å²) in [6.45, 7) is -0.639. The Hall–Kier alpha value is -3.84. The highest BCUT2D eigenvalue weighted by Crippen LogP contribution is 2.28. The number of amides is 1. The Kier molecular flexibility index (Phi) is 7.02. The standard InChI is InChI=1S/C23H21NO6/c25-19-11-5-4-10-18(19)24(14-17-8-2-1-3-9-17)22(27)15-29-16-23(28)30-21-13-7-6-12-20(21)26/h1-13,25-26H,14-16H2. The first-order valence-corrected chi connectivity index (χ1v) is 9.23. The topological polar surface area (TPSA) is 96.3 Å². The van der Waals surface area contributed by atoms with Crippen molar-refractivity contribution >= 4 is 17.6 Å². The van der Waals surface area contributed by atoms with Gasteiger partial charge in [-0.3, -0.25) is 4.79 Å². The molecule has 0 spiro atoms. The van der Waals surface area contributed by atoms with E-state index in [0.29, 0.717) is 5.69 Å². The molecular formula is C23H21NO6. The first-order chi connectivity index (χ1) is 14.5. The van der Waals surface area contributed by atoms with Crippen molar-refractivity contribution in [2.45, 2.75) is 6.54 Å². The normalized spacial score (nSPS) is 10.4. The Labute approximate surface area is 173 Å². The molecule has 1 amide bonds. The molecule has 0 aliphatic carbocycles. The zero-order valence-corrected chi connectivity index (χ0v) is 16.1. The third-order valence-corrected chi connectivity index (χ3v) is 4.19. The lowest BCUT2D eigenvalue weighted by Crippen LogP contribution is -2.34. The monoisotopic (exact) mass is 407 g/mol. The van der Waals surface area contributed by atoms with Crippen LogP contribution in [0.15, 0.2) is 78.9 Å². The lowest BCUT2D eigenvalue weighted by Gasteiger charge is -2.23. The first kappa shape index (κ1) is 20.9. The summed E-state index contributed by atoms with van der Waals surface area (Å²) in [5.41, 5.74) is 1.21. The van der Waals surface area contributed by atoms with Crippen molar-refractivity contribution in [3.05, 3.63) is 84.4 Å². The number of hydrogen-bond acceptors (Lipinski definition) is 6. The summed E-state index contributed by atoms with van der Waals surface area (Å²) in [5.74, 6) is -1.38. The van der Waals surface area contributed by atoms with Gasteiger partial charge in [0.1, 0.15) is 19.0 Å². The first-order valence-electron chi connectivity index (χ1n) is 9.23. The van der Waals surface area contributed by atoms with Crippen LogP contribution in [0.1, 0.15) is 5.56 Å². The van der Waals surface area contributed by atoms with Gasteiger partial charge in [-0.25, -0.2) is 4.79 Å². The Morgan fingerprint density at radius 1 is 0.767 bits per heavy atom. The molecule has 3 aromatic rings. The average Bonchev–Trinajstić information content (AvgIpc) is 2.75. The zero-order valence-electron chi connectivity index (χ0n) is 16.1. The van der Waals surface area contributed by atoms with E-state index in [2.05, 4.69) is 0 Å². The highest BCUT2D eigenvalue weighted by atomic mass is 16.6. The molecule has 0 heterocycles. The van der Waals surface area contributed by atoms with E-state index in [-0.39, 0.29) is 23.8 Å². The molecule has 0 aliphatic rings. The van der Waals surface area contributed by atoms with Crippen LogP contribution in [-0.4, -0.2) is 35.3 Å². The molecule has 0 saturated carbocycles. The number of ether oxygens (including phenoxy) is 2. The van der Waals surface area contributed by atoms with Crippen LogP contribution < -0.4 is 9.64 Å². The molecule has 0 aromatic heterocycles. The lowest BCUT2D eigenvalue weighted by atomic mass is 10.2. The number of rotatable bonds is 8. The maximum absolute atomic E-state index is 12.8. The number of carbonyl (C=O) groups is 2. The molecule has 0 radical (unpaired) electrons. The number of aromatic hydroxyl groups is 2. The van der Waals surface area contributed by atoms with Gasteiger partial charge in [0.15, 0.2) is 11.5 Å². The lowest BCUT2D eigenvalue weighted by molar-refractivity contribution is -0.141. The zero-order chi connectivity index (χ0) is 21.3. The maximum Gasteiger partial charge on any atom is 0.337 e. The van der Waals surface area contributed by atoms with Gasteiger partial charge in [-0.15, -0.1) is 0 Å². The van der Waals surface area contributed by atoms with Crippen molar-refractivity contribution in [3.8, 4) is 17.2 Å². The number of nitrogens with zero attached hydrogens (tertiary/aromatic N) is 1. The molecule has 0 unspecified atom stereocenters. The minimum atomic E-state index is -0.749. The molecule has 7 heteroatoms. The third kappa shape index (κ3) is 5.59. The molecule has 0 atom stereocenters. The summed E-state index contributed by atoms with van der Waals surface area (Å²) >= 11 is 0. The smallest absolute Gasteiger partial charge is 0.337 e. The van der Waals surface area contributed by atoms with E-state index in [9.17, 15) is 19.8 Å². The number of hydrogen-bond donors (Lipinski definition) is 2. The number of carbonyl (C=O) groups excluding carboxylic acids is 2. The summed E-state index contributed by atoms with van der Waals surface area (Å²) in [5, 5.41) is 19.8. The molecule has 3 aromatic carbocycles. The summed E-state index contributed by atoms with van der Waals surface area (Å²) in [7, 11) is 0. The second-order valence-corrected chi connectivity index (χ2v) is 6.39. The van der Waals surface area contributed by atoms with Gasteiger partial charge in [0, 0.05) is 0 Å². The molecule has 154 valence electrons. The molecule has 0 aliphatic heterocycles. The van der Waals surface area contributed by atoms with E-state index in [1.807, 2.05) is 30.3 Å². The fourth-order valence-electron chi connectivity index (χ4n) is 2.76. The van der Waals surface area contributed by atoms with Crippen molar-refractivity contribution in [2.75, 3.05) is 18.1 Å². The number of anilines is 1. The van der Waals surface area contributed by atoms with Crippen molar-refractivity contribution in [2.24, 2.45) is 0 Å². The summed E-state index contributed by atoms with van der Waals surface area (Å²) in [6.07, 6.45) is 0. The summed E-state index contributed by atoms with van der Waals surface area (Å²) in [6, 6.07) is 21.9. The van der Waals surface area contributed by atoms with Gasteiger partial charge in [-0.1, -0.05) is 54.6 Å². The van der Waals surface area contributed by atoms with Crippen LogP contribution in [-0.2, 0) is 20.9 Å². The number of phenolic OH excluding ortho intramolecular Hbond substituents is 2. The van der Waals surface area contributed by atoms with Gasteiger partial charge in [0.25, 0.3) is 5.91 Å². The van der Waals surface area contributed by atoms with Crippen molar-refractivity contribution in [1.82, 2.24) is 0 Å². The Balaban J connectivity index is 1.62. The summed E-state index contributed by atoms with van der Waals surface area (Å²) in [4.78, 5) is 26.1. The van der Waals surface area contributed by atoms with Crippen molar-refractivity contribution in [1.29, 1.82) is 0 Å². The molecule has 0 fully saturated rings. The van der Waals surface area contributed by atoms with Crippen LogP contribution in [0.2, 0.25) is 0 Å². The van der Waals surface area contributed by atoms with Gasteiger partial charge in [-0.05, 0) is 29.8 Å². The van der Waals surface area contributed by atoms with E-state index < -0.39 is 25.1 Å².